The Balaban J connectivity index is 1.76. The quantitative estimate of drug-likeness (QED) is 0.293. The van der Waals surface area contributed by atoms with E-state index in [1.807, 2.05) is 17.6 Å². The van der Waals surface area contributed by atoms with Gasteiger partial charge in [-0.25, -0.2) is 0 Å². The molecule has 0 amide bonds. The minimum Gasteiger partial charge on any atom is -0.481 e. The molecule has 2 rings (SSSR count). The monoisotopic (exact) mass is 506 g/mol. The Labute approximate surface area is 187 Å². The Bertz CT molecular complexity index is 669. The molecule has 0 aliphatic heterocycles. The Morgan fingerprint density at radius 3 is 2.93 bits per heavy atom. The molecule has 8 heteroatoms. The number of hydrogen-bond acceptors (Lipinski definition) is 6. The number of carboxylic acids is 1. The van der Waals surface area contributed by atoms with E-state index in [0.717, 1.165) is 23.7 Å². The molecule has 1 fully saturated rings. The average Bonchev–Trinajstić information content (AvgIpc) is 3.16. The number of thiophene rings is 1. The number of rotatable bonds is 11. The molecule has 0 aromatic carbocycles. The van der Waals surface area contributed by atoms with Crippen LogP contribution in [-0.4, -0.2) is 50.3 Å². The summed E-state index contributed by atoms with van der Waals surface area (Å²) in [6.07, 6.45) is 8.28. The number of thioether (sulfide) groups is 2. The van der Waals surface area contributed by atoms with E-state index in [4.69, 9.17) is 5.11 Å². The molecule has 1 aromatic heterocycles. The minimum atomic E-state index is -0.803. The van der Waals surface area contributed by atoms with Crippen LogP contribution in [-0.2, 0) is 11.2 Å². The van der Waals surface area contributed by atoms with Gasteiger partial charge in [0.2, 0.25) is 0 Å². The first-order valence-corrected chi connectivity index (χ1v) is 13.0. The number of aliphatic carboxylic acids is 1. The van der Waals surface area contributed by atoms with Crippen LogP contribution in [0.15, 0.2) is 34.2 Å². The number of allylic oxidation sites excluding steroid dienone is 1. The topological polar surface area (TPSA) is 77.8 Å². The summed E-state index contributed by atoms with van der Waals surface area (Å²) in [6, 6.07) is 2.12. The van der Waals surface area contributed by atoms with Crippen LogP contribution in [0.5, 0.6) is 0 Å². The zero-order chi connectivity index (χ0) is 20.5. The van der Waals surface area contributed by atoms with Crippen LogP contribution in [0.4, 0.5) is 0 Å². The summed E-state index contributed by atoms with van der Waals surface area (Å²) in [6.45, 7) is 2.08. The first kappa shape index (κ1) is 24.0. The van der Waals surface area contributed by atoms with Gasteiger partial charge in [0.25, 0.3) is 0 Å². The highest BCUT2D eigenvalue weighted by atomic mass is 79.9. The molecule has 1 aromatic rings. The smallest absolute Gasteiger partial charge is 0.313 e. The van der Waals surface area contributed by atoms with Gasteiger partial charge in [0, 0.05) is 25.2 Å². The van der Waals surface area contributed by atoms with Gasteiger partial charge in [-0.1, -0.05) is 18.2 Å². The van der Waals surface area contributed by atoms with Gasteiger partial charge in [-0.05, 0) is 65.9 Å². The van der Waals surface area contributed by atoms with Crippen molar-refractivity contribution in [3.63, 3.8) is 0 Å². The Morgan fingerprint density at radius 1 is 1.46 bits per heavy atom. The number of aliphatic hydroxyl groups excluding tert-OH is 2. The number of carbonyl (C=O) groups is 1. The molecule has 1 aliphatic carbocycles. The van der Waals surface area contributed by atoms with Gasteiger partial charge in [-0.3, -0.25) is 4.79 Å². The molecule has 156 valence electrons. The van der Waals surface area contributed by atoms with Crippen molar-refractivity contribution < 1.29 is 20.1 Å². The fourth-order valence-corrected chi connectivity index (χ4v) is 6.47. The van der Waals surface area contributed by atoms with Gasteiger partial charge < -0.3 is 15.3 Å². The number of hydrogen-bond donors (Lipinski definition) is 3. The summed E-state index contributed by atoms with van der Waals surface area (Å²) in [5.41, 5.74) is 0. The highest BCUT2D eigenvalue weighted by molar-refractivity contribution is 9.10. The third kappa shape index (κ3) is 8.24. The molecule has 4 atom stereocenters. The lowest BCUT2D eigenvalue weighted by molar-refractivity contribution is -0.133. The molecule has 1 saturated carbocycles. The molecular formula is C20H27BrO4S3. The number of aryl methyl sites for hydroxylation is 2. The van der Waals surface area contributed by atoms with Crippen molar-refractivity contribution >= 4 is 56.8 Å². The molecule has 1 aliphatic rings. The van der Waals surface area contributed by atoms with Crippen LogP contribution in [0.3, 0.4) is 0 Å². The van der Waals surface area contributed by atoms with Crippen molar-refractivity contribution in [2.45, 2.75) is 50.1 Å². The van der Waals surface area contributed by atoms with Gasteiger partial charge in [-0.2, -0.15) is 0 Å². The lowest BCUT2D eigenvalue weighted by Gasteiger charge is -2.17. The van der Waals surface area contributed by atoms with Crippen molar-refractivity contribution in [2.75, 3.05) is 11.5 Å². The van der Waals surface area contributed by atoms with E-state index in [1.165, 1.54) is 21.5 Å². The highest BCUT2D eigenvalue weighted by Crippen LogP contribution is 2.37. The van der Waals surface area contributed by atoms with Crippen molar-refractivity contribution in [3.05, 3.63) is 43.9 Å². The van der Waals surface area contributed by atoms with Crippen molar-refractivity contribution in [2.24, 2.45) is 5.92 Å². The zero-order valence-corrected chi connectivity index (χ0v) is 19.8. The van der Waals surface area contributed by atoms with Crippen LogP contribution in [0, 0.1) is 12.8 Å². The second-order valence-corrected chi connectivity index (χ2v) is 11.1. The largest absolute Gasteiger partial charge is 0.481 e. The average molecular weight is 508 g/mol. The molecule has 3 N–H and O–H groups in total. The Kier molecular flexibility index (Phi) is 10.7. The van der Waals surface area contributed by atoms with Gasteiger partial charge in [0.05, 0.1) is 18.0 Å². The van der Waals surface area contributed by atoms with E-state index in [9.17, 15) is 15.0 Å². The summed E-state index contributed by atoms with van der Waals surface area (Å²) in [4.78, 5) is 13.0. The van der Waals surface area contributed by atoms with E-state index >= 15 is 0 Å². The van der Waals surface area contributed by atoms with Crippen LogP contribution in [0.1, 0.15) is 29.0 Å². The van der Waals surface area contributed by atoms with E-state index in [2.05, 4.69) is 35.0 Å². The molecule has 28 heavy (non-hydrogen) atoms. The fraction of sp³-hybridized carbons (Fsp3) is 0.550. The fourth-order valence-electron chi connectivity index (χ4n) is 3.07. The molecular weight excluding hydrogens is 480 g/mol. The van der Waals surface area contributed by atoms with Gasteiger partial charge in [0.1, 0.15) is 0 Å². The molecule has 0 spiro atoms. The first-order valence-electron chi connectivity index (χ1n) is 9.26. The molecule has 0 saturated heterocycles. The highest BCUT2D eigenvalue weighted by Gasteiger charge is 2.33. The number of halogens is 1. The maximum atomic E-state index is 10.5. The Hall–Kier alpha value is -0.250. The normalized spacial score (nSPS) is 23.8. The van der Waals surface area contributed by atoms with Gasteiger partial charge >= 0.3 is 5.97 Å². The van der Waals surface area contributed by atoms with Crippen LogP contribution in [0.25, 0.3) is 0 Å². The molecule has 1 unspecified atom stereocenters. The van der Waals surface area contributed by atoms with Gasteiger partial charge in [-0.15, -0.1) is 34.9 Å². The molecule has 1 heterocycles. The zero-order valence-electron chi connectivity index (χ0n) is 15.8. The number of carboxylic acid groups (broad SMARTS) is 1. The lowest BCUT2D eigenvalue weighted by Crippen LogP contribution is -2.20. The SMILES string of the molecule is Cc1sc(CC[C@H](O)/C=C/[C@H]2CCC(O)[C@@H]2S/C=C\CSCC(=O)O)cc1Br. The third-order valence-electron chi connectivity index (χ3n) is 4.54. The van der Waals surface area contributed by atoms with E-state index in [1.54, 1.807) is 23.1 Å². The van der Waals surface area contributed by atoms with Crippen LogP contribution >= 0.6 is 50.8 Å². The molecule has 0 radical (unpaired) electrons. The van der Waals surface area contributed by atoms with Crippen molar-refractivity contribution in [3.8, 4) is 0 Å². The van der Waals surface area contributed by atoms with E-state index < -0.39 is 12.1 Å². The lowest BCUT2D eigenvalue weighted by atomic mass is 10.0. The van der Waals surface area contributed by atoms with Crippen molar-refractivity contribution in [1.29, 1.82) is 0 Å². The first-order chi connectivity index (χ1) is 13.4. The van der Waals surface area contributed by atoms with E-state index in [0.29, 0.717) is 12.2 Å². The maximum absolute atomic E-state index is 10.5. The summed E-state index contributed by atoms with van der Waals surface area (Å²) in [7, 11) is 0. The van der Waals surface area contributed by atoms with Crippen LogP contribution in [0.2, 0.25) is 0 Å². The maximum Gasteiger partial charge on any atom is 0.313 e. The standard InChI is InChI=1S/C20H27BrO4S3/c1-13-17(21)11-16(28-13)7-6-15(22)5-3-14-4-8-18(23)20(14)27-10-2-9-26-12-19(24)25/h2-3,5,10-11,14-15,18,20,22-23H,4,6-9,12H2,1H3,(H,24,25)/b5-3+,10-2-/t14-,15+,18?,20+/m0/s1. The Morgan fingerprint density at radius 2 is 2.25 bits per heavy atom. The molecule has 0 bridgehead atoms. The predicted molar refractivity (Wildman–Crippen MR) is 124 cm³/mol. The minimum absolute atomic E-state index is 0.0834. The summed E-state index contributed by atoms with van der Waals surface area (Å²) in [5.74, 6) is 0.193. The summed E-state index contributed by atoms with van der Waals surface area (Å²) < 4.78 is 1.13. The van der Waals surface area contributed by atoms with Crippen LogP contribution < -0.4 is 0 Å². The van der Waals surface area contributed by atoms with E-state index in [-0.39, 0.29) is 23.0 Å². The van der Waals surface area contributed by atoms with Gasteiger partial charge in [0.15, 0.2) is 0 Å². The molecule has 4 nitrogen and oxygen atoms in total. The predicted octanol–water partition coefficient (Wildman–Crippen LogP) is 4.87. The summed E-state index contributed by atoms with van der Waals surface area (Å²) in [5, 5.41) is 31.2. The third-order valence-corrected chi connectivity index (χ3v) is 8.95. The number of aliphatic hydroxyl groups is 2. The second-order valence-electron chi connectivity index (χ2n) is 6.80. The summed E-state index contributed by atoms with van der Waals surface area (Å²) >= 11 is 8.23. The second kappa shape index (κ2) is 12.4. The van der Waals surface area contributed by atoms with Crippen molar-refractivity contribution in [1.82, 2.24) is 0 Å².